The van der Waals surface area contributed by atoms with Gasteiger partial charge < -0.3 is 24.6 Å². The van der Waals surface area contributed by atoms with Crippen LogP contribution in [0.25, 0.3) is 5.76 Å². The van der Waals surface area contributed by atoms with Gasteiger partial charge in [-0.2, -0.15) is 0 Å². The predicted molar refractivity (Wildman–Crippen MR) is 121 cm³/mol. The lowest BCUT2D eigenvalue weighted by atomic mass is 9.94. The average Bonchev–Trinajstić information content (AvgIpc) is 2.99. The van der Waals surface area contributed by atoms with Gasteiger partial charge in [-0.1, -0.05) is 13.0 Å². The number of hydrogen-bond acceptors (Lipinski definition) is 6. The second-order valence-corrected chi connectivity index (χ2v) is 8.07. The minimum absolute atomic E-state index is 0.00438. The number of carbonyl (C=O) groups excluding carboxylic acids is 2. The number of methoxy groups -OCH3 is 1. The van der Waals surface area contributed by atoms with Gasteiger partial charge in [-0.05, 0) is 68.7 Å². The van der Waals surface area contributed by atoms with Crippen LogP contribution in [0.5, 0.6) is 17.2 Å². The molecule has 0 radical (unpaired) electrons. The summed E-state index contributed by atoms with van der Waals surface area (Å²) < 4.78 is 10.9. The van der Waals surface area contributed by atoms with E-state index in [0.29, 0.717) is 29.8 Å². The first kappa shape index (κ1) is 23.2. The molecule has 0 spiro atoms. The predicted octanol–water partition coefficient (Wildman–Crippen LogP) is 4.33. The number of aromatic hydroxyl groups is 1. The molecule has 2 N–H and O–H groups in total. The highest BCUT2D eigenvalue weighted by atomic mass is 16.5. The normalized spacial score (nSPS) is 17.8. The summed E-state index contributed by atoms with van der Waals surface area (Å²) in [5.41, 5.74) is 1.71. The number of nitrogens with zero attached hydrogens (tertiary/aromatic N) is 1. The zero-order chi connectivity index (χ0) is 23.6. The average molecular weight is 440 g/mol. The molecule has 1 saturated heterocycles. The molecular weight excluding hydrogens is 410 g/mol. The maximum Gasteiger partial charge on any atom is 0.295 e. The number of aliphatic hydroxyl groups excluding tert-OH is 1. The van der Waals surface area contributed by atoms with Crippen molar-refractivity contribution in [2.45, 2.75) is 46.3 Å². The summed E-state index contributed by atoms with van der Waals surface area (Å²) in [4.78, 5) is 27.2. The van der Waals surface area contributed by atoms with Gasteiger partial charge in [-0.25, -0.2) is 0 Å². The van der Waals surface area contributed by atoms with Gasteiger partial charge in [0.05, 0.1) is 24.8 Å². The molecule has 1 unspecified atom stereocenters. The highest BCUT2D eigenvalue weighted by molar-refractivity contribution is 6.46. The zero-order valence-corrected chi connectivity index (χ0v) is 19.0. The first-order chi connectivity index (χ1) is 15.2. The van der Waals surface area contributed by atoms with Crippen molar-refractivity contribution in [2.75, 3.05) is 13.7 Å². The van der Waals surface area contributed by atoms with Gasteiger partial charge in [0.15, 0.2) is 11.5 Å². The van der Waals surface area contributed by atoms with Crippen LogP contribution >= 0.6 is 0 Å². The Morgan fingerprint density at radius 2 is 1.81 bits per heavy atom. The van der Waals surface area contributed by atoms with E-state index in [2.05, 4.69) is 0 Å². The number of likely N-dealkylation sites (tertiary alicyclic amines) is 1. The minimum atomic E-state index is -0.821. The van der Waals surface area contributed by atoms with Gasteiger partial charge in [-0.15, -0.1) is 0 Å². The Bertz CT molecular complexity index is 1070. The number of Topliss-reactive ketones (excluding diaryl/α,β-unsaturated/α-hetero) is 1. The summed E-state index contributed by atoms with van der Waals surface area (Å²) in [5, 5.41) is 21.4. The summed E-state index contributed by atoms with van der Waals surface area (Å²) >= 11 is 0. The third kappa shape index (κ3) is 4.28. The number of rotatable bonds is 7. The Labute approximate surface area is 187 Å². The first-order valence-electron chi connectivity index (χ1n) is 10.6. The number of carbonyl (C=O) groups is 2. The van der Waals surface area contributed by atoms with Gasteiger partial charge in [0.25, 0.3) is 11.7 Å². The number of phenolic OH excluding ortho intramolecular Hbond substituents is 1. The van der Waals surface area contributed by atoms with E-state index in [-0.39, 0.29) is 28.9 Å². The fourth-order valence-electron chi connectivity index (χ4n) is 3.91. The molecule has 7 heteroatoms. The van der Waals surface area contributed by atoms with Crippen LogP contribution in [0.1, 0.15) is 49.9 Å². The smallest absolute Gasteiger partial charge is 0.295 e. The third-order valence-electron chi connectivity index (χ3n) is 5.33. The molecule has 3 rings (SSSR count). The molecule has 0 bridgehead atoms. The van der Waals surface area contributed by atoms with E-state index in [4.69, 9.17) is 9.47 Å². The van der Waals surface area contributed by atoms with Crippen molar-refractivity contribution in [2.24, 2.45) is 0 Å². The Kier molecular flexibility index (Phi) is 6.77. The Hall–Kier alpha value is -3.48. The van der Waals surface area contributed by atoms with Crippen LogP contribution in [0.15, 0.2) is 42.0 Å². The second kappa shape index (κ2) is 9.34. The highest BCUT2D eigenvalue weighted by Gasteiger charge is 2.45. The van der Waals surface area contributed by atoms with Gasteiger partial charge in [0.1, 0.15) is 11.5 Å². The molecule has 1 heterocycles. The highest BCUT2D eigenvalue weighted by Crippen LogP contribution is 2.42. The van der Waals surface area contributed by atoms with Gasteiger partial charge in [0.2, 0.25) is 0 Å². The van der Waals surface area contributed by atoms with E-state index in [9.17, 15) is 19.8 Å². The zero-order valence-electron chi connectivity index (χ0n) is 19.0. The molecule has 1 amide bonds. The summed E-state index contributed by atoms with van der Waals surface area (Å²) in [5.74, 6) is -0.849. The monoisotopic (exact) mass is 439 g/mol. The first-order valence-corrected chi connectivity index (χ1v) is 10.6. The summed E-state index contributed by atoms with van der Waals surface area (Å²) in [6.07, 6.45) is 0.627. The minimum Gasteiger partial charge on any atom is -0.507 e. The third-order valence-corrected chi connectivity index (χ3v) is 5.33. The largest absolute Gasteiger partial charge is 0.507 e. The maximum atomic E-state index is 13.0. The molecule has 1 aliphatic heterocycles. The van der Waals surface area contributed by atoms with Crippen molar-refractivity contribution in [1.29, 1.82) is 0 Å². The van der Waals surface area contributed by atoms with Crippen LogP contribution in [-0.4, -0.2) is 46.6 Å². The number of ether oxygens (including phenoxy) is 2. The van der Waals surface area contributed by atoms with Crippen LogP contribution in [0.2, 0.25) is 0 Å². The fraction of sp³-hybridized carbons (Fsp3) is 0.360. The van der Waals surface area contributed by atoms with Crippen LogP contribution in [0.4, 0.5) is 0 Å². The molecule has 0 aromatic heterocycles. The molecule has 2 aromatic rings. The Morgan fingerprint density at radius 3 is 2.38 bits per heavy atom. The van der Waals surface area contributed by atoms with Crippen LogP contribution < -0.4 is 9.47 Å². The number of amides is 1. The van der Waals surface area contributed by atoms with Crippen molar-refractivity contribution in [3.8, 4) is 17.2 Å². The number of aryl methyl sites for hydroxylation is 1. The Balaban J connectivity index is 2.15. The van der Waals surface area contributed by atoms with Crippen molar-refractivity contribution in [3.05, 3.63) is 58.7 Å². The van der Waals surface area contributed by atoms with Gasteiger partial charge in [0, 0.05) is 12.1 Å². The van der Waals surface area contributed by atoms with Crippen molar-refractivity contribution >= 4 is 17.4 Å². The number of ketones is 1. The van der Waals surface area contributed by atoms with E-state index in [0.717, 1.165) is 5.56 Å². The quantitative estimate of drug-likeness (QED) is 0.379. The number of aliphatic hydroxyl groups is 1. The van der Waals surface area contributed by atoms with Crippen molar-refractivity contribution in [1.82, 2.24) is 4.90 Å². The lowest BCUT2D eigenvalue weighted by Gasteiger charge is -2.25. The molecule has 2 aromatic carbocycles. The van der Waals surface area contributed by atoms with Crippen LogP contribution in [0, 0.1) is 6.92 Å². The van der Waals surface area contributed by atoms with Crippen LogP contribution in [-0.2, 0) is 9.59 Å². The van der Waals surface area contributed by atoms with Crippen molar-refractivity contribution < 1.29 is 29.3 Å². The standard InChI is InChI=1S/C25H29NO6/c1-6-11-26-22(16-7-10-20(31-5)18(27)13-16)21(24(29)25(26)30)23(28)17-8-9-19(15(4)12-17)32-14(2)3/h7-10,12-14,22,27-28H,6,11H2,1-5H3/b23-21-. The van der Waals surface area contributed by atoms with Gasteiger partial charge in [-0.3, -0.25) is 9.59 Å². The maximum absolute atomic E-state index is 13.0. The lowest BCUT2D eigenvalue weighted by Crippen LogP contribution is -2.30. The summed E-state index contributed by atoms with van der Waals surface area (Å²) in [7, 11) is 1.44. The second-order valence-electron chi connectivity index (χ2n) is 8.07. The number of hydrogen-bond donors (Lipinski definition) is 2. The van der Waals surface area contributed by atoms with E-state index in [1.165, 1.54) is 18.1 Å². The lowest BCUT2D eigenvalue weighted by molar-refractivity contribution is -0.139. The molecule has 7 nitrogen and oxygen atoms in total. The molecular formula is C25H29NO6. The van der Waals surface area contributed by atoms with E-state index < -0.39 is 17.7 Å². The van der Waals surface area contributed by atoms with Crippen LogP contribution in [0.3, 0.4) is 0 Å². The number of benzene rings is 2. The molecule has 0 aliphatic carbocycles. The van der Waals surface area contributed by atoms with E-state index in [1.807, 2.05) is 27.7 Å². The Morgan fingerprint density at radius 1 is 1.12 bits per heavy atom. The van der Waals surface area contributed by atoms with E-state index in [1.54, 1.807) is 30.3 Å². The molecule has 170 valence electrons. The molecule has 1 atom stereocenters. The summed E-state index contributed by atoms with van der Waals surface area (Å²) in [6.45, 7) is 7.93. The molecule has 0 saturated carbocycles. The van der Waals surface area contributed by atoms with Gasteiger partial charge >= 0.3 is 0 Å². The molecule has 1 aliphatic rings. The fourth-order valence-corrected chi connectivity index (χ4v) is 3.91. The molecule has 32 heavy (non-hydrogen) atoms. The topological polar surface area (TPSA) is 96.3 Å². The summed E-state index contributed by atoms with van der Waals surface area (Å²) in [6, 6.07) is 9.00. The van der Waals surface area contributed by atoms with E-state index >= 15 is 0 Å². The SMILES string of the molecule is CCCN1C(=O)C(=O)/C(=C(\O)c2ccc(OC(C)C)c(C)c2)C1c1ccc(OC)c(O)c1. The molecule has 1 fully saturated rings. The number of phenols is 1. The van der Waals surface area contributed by atoms with Crippen molar-refractivity contribution in [3.63, 3.8) is 0 Å².